The topological polar surface area (TPSA) is 0 Å². The molecule has 1 saturated carbocycles. The maximum Gasteiger partial charge on any atom is 0.266 e. The third kappa shape index (κ3) is 3.00. The van der Waals surface area contributed by atoms with Crippen molar-refractivity contribution in [2.45, 2.75) is 32.6 Å². The zero-order valence-electron chi connectivity index (χ0n) is 6.82. The number of hydrogen-bond acceptors (Lipinski definition) is 0. The molecule has 0 saturated heterocycles. The van der Waals surface area contributed by atoms with Crippen LogP contribution in [0.1, 0.15) is 34.0 Å². The minimum absolute atomic E-state index is 0. The van der Waals surface area contributed by atoms with E-state index in [0.29, 0.717) is 0 Å². The van der Waals surface area contributed by atoms with Gasteiger partial charge in [-0.15, -0.1) is 0 Å². The minimum Gasteiger partial charge on any atom is -0.174 e. The zero-order chi connectivity index (χ0) is 8.27. The Morgan fingerprint density at radius 2 is 1.82 bits per heavy atom. The molecule has 0 aromatic carbocycles. The highest BCUT2D eigenvalue weighted by Crippen LogP contribution is 2.29. The molecule has 1 aliphatic carbocycles. The van der Waals surface area contributed by atoms with E-state index in [0.717, 1.165) is 37.7 Å². The second kappa shape index (κ2) is 3.84. The number of halogens is 2. The van der Waals surface area contributed by atoms with E-state index in [1.54, 1.807) is 0 Å². The zero-order valence-corrected chi connectivity index (χ0v) is 6.82. The average molecular weight is 162 g/mol. The van der Waals surface area contributed by atoms with Crippen LogP contribution >= 0.6 is 0 Å². The first-order valence-electron chi connectivity index (χ1n) is 4.21. The molecule has 0 aromatic rings. The highest BCUT2D eigenvalue weighted by Gasteiger charge is 2.16. The lowest BCUT2D eigenvalue weighted by Crippen LogP contribution is -2.10. The molecule has 0 N–H and O–H groups in total. The Kier molecular flexibility index (Phi) is 3.03. The van der Waals surface area contributed by atoms with E-state index in [9.17, 15) is 8.78 Å². The quantitative estimate of drug-likeness (QED) is 0.549. The molecule has 11 heavy (non-hydrogen) atoms. The third-order valence-corrected chi connectivity index (χ3v) is 2.42. The molecule has 0 unspecified atom stereocenters. The van der Waals surface area contributed by atoms with Gasteiger partial charge in [0.2, 0.25) is 0 Å². The van der Waals surface area contributed by atoms with E-state index in [1.165, 1.54) is 0 Å². The van der Waals surface area contributed by atoms with Gasteiger partial charge in [-0.1, -0.05) is 19.8 Å². The summed E-state index contributed by atoms with van der Waals surface area (Å²) in [5.74, 6) is 0.888. The summed E-state index contributed by atoms with van der Waals surface area (Å²) in [7, 11) is 0. The van der Waals surface area contributed by atoms with Crippen LogP contribution in [-0.2, 0) is 0 Å². The fourth-order valence-corrected chi connectivity index (χ4v) is 1.63. The maximum absolute atomic E-state index is 11.8. The molecule has 0 amide bonds. The van der Waals surface area contributed by atoms with Gasteiger partial charge in [0.1, 0.15) is 0 Å². The first kappa shape index (κ1) is 8.69. The van der Waals surface area contributed by atoms with Crippen molar-refractivity contribution in [3.05, 3.63) is 12.2 Å². The lowest BCUT2D eigenvalue weighted by Gasteiger charge is -2.23. The fourth-order valence-electron chi connectivity index (χ4n) is 1.63. The number of hydrogen-bond donors (Lipinski definition) is 0. The van der Waals surface area contributed by atoms with Crippen molar-refractivity contribution in [2.75, 3.05) is 0 Å². The van der Waals surface area contributed by atoms with Crippen LogP contribution in [0, 0.1) is 11.8 Å². The van der Waals surface area contributed by atoms with Gasteiger partial charge in [0.05, 0.1) is 0 Å². The monoisotopic (exact) mass is 162 g/mol. The summed E-state index contributed by atoms with van der Waals surface area (Å²) in [6.07, 6.45) is 3.70. The summed E-state index contributed by atoms with van der Waals surface area (Å²) in [5.41, 5.74) is 0. The molecule has 66 valence electrons. The first-order chi connectivity index (χ1) is 5.18. The molecule has 0 aromatic heterocycles. The Hall–Kier alpha value is -0.400. The van der Waals surface area contributed by atoms with Gasteiger partial charge in [0.15, 0.2) is 0 Å². The summed E-state index contributed by atoms with van der Waals surface area (Å²) < 4.78 is 23.6. The number of allylic oxidation sites excluding steroid dienone is 1. The summed E-state index contributed by atoms with van der Waals surface area (Å²) in [5, 5.41) is 0. The van der Waals surface area contributed by atoms with Gasteiger partial charge in [-0.25, -0.2) is 0 Å². The molecular formula is C9H16F2. The summed E-state index contributed by atoms with van der Waals surface area (Å²) in [6, 6.07) is 0. The SMILES string of the molecule is CC1CCC(C=C(F)F)CC1.[HH]. The van der Waals surface area contributed by atoms with Gasteiger partial charge >= 0.3 is 0 Å². The Labute approximate surface area is 67.8 Å². The highest BCUT2D eigenvalue weighted by molar-refractivity contribution is 4.90. The molecule has 1 fully saturated rings. The largest absolute Gasteiger partial charge is 0.266 e. The molecule has 1 rings (SSSR count). The van der Waals surface area contributed by atoms with Gasteiger partial charge in [0, 0.05) is 1.43 Å². The van der Waals surface area contributed by atoms with Crippen molar-refractivity contribution in [2.24, 2.45) is 11.8 Å². The predicted octanol–water partition coefficient (Wildman–Crippen LogP) is 3.84. The molecule has 1 aliphatic rings. The predicted molar refractivity (Wildman–Crippen MR) is 43.5 cm³/mol. The van der Waals surface area contributed by atoms with Gasteiger partial charge in [0.25, 0.3) is 6.08 Å². The van der Waals surface area contributed by atoms with Crippen LogP contribution in [0.25, 0.3) is 0 Å². The molecule has 0 radical (unpaired) electrons. The second-order valence-electron chi connectivity index (χ2n) is 3.48. The third-order valence-electron chi connectivity index (χ3n) is 2.42. The van der Waals surface area contributed by atoms with Crippen LogP contribution in [0.4, 0.5) is 8.78 Å². The van der Waals surface area contributed by atoms with Crippen LogP contribution in [0.3, 0.4) is 0 Å². The number of rotatable bonds is 1. The molecule has 0 bridgehead atoms. The molecule has 0 atom stereocenters. The van der Waals surface area contributed by atoms with E-state index >= 15 is 0 Å². The Bertz CT molecular complexity index is 145. The maximum atomic E-state index is 11.8. The molecular weight excluding hydrogens is 146 g/mol. The molecule has 0 spiro atoms. The Balaban J connectivity index is 0.00000121. The summed E-state index contributed by atoms with van der Waals surface area (Å²) in [4.78, 5) is 0. The fraction of sp³-hybridized carbons (Fsp3) is 0.778. The summed E-state index contributed by atoms with van der Waals surface area (Å²) >= 11 is 0. The van der Waals surface area contributed by atoms with E-state index in [1.807, 2.05) is 0 Å². The van der Waals surface area contributed by atoms with Crippen molar-refractivity contribution in [1.82, 2.24) is 0 Å². The minimum atomic E-state index is -1.51. The van der Waals surface area contributed by atoms with E-state index in [-0.39, 0.29) is 7.34 Å². The molecule has 0 heterocycles. The van der Waals surface area contributed by atoms with E-state index in [2.05, 4.69) is 6.92 Å². The van der Waals surface area contributed by atoms with Gasteiger partial charge in [-0.05, 0) is 30.8 Å². The van der Waals surface area contributed by atoms with Gasteiger partial charge < -0.3 is 0 Å². The summed E-state index contributed by atoms with van der Waals surface area (Å²) in [6.45, 7) is 2.19. The van der Waals surface area contributed by atoms with Crippen LogP contribution in [0.15, 0.2) is 12.2 Å². The lowest BCUT2D eigenvalue weighted by atomic mass is 9.83. The van der Waals surface area contributed by atoms with Crippen molar-refractivity contribution < 1.29 is 10.2 Å². The highest BCUT2D eigenvalue weighted by atomic mass is 19.3. The van der Waals surface area contributed by atoms with Crippen molar-refractivity contribution in [1.29, 1.82) is 0 Å². The lowest BCUT2D eigenvalue weighted by molar-refractivity contribution is 0.317. The van der Waals surface area contributed by atoms with Crippen LogP contribution < -0.4 is 0 Å². The standard InChI is InChI=1S/C9H14F2.H2/c1-7-2-4-8(5-3-7)6-9(10)11;/h6-8H,2-5H2,1H3;1H. The van der Waals surface area contributed by atoms with Crippen LogP contribution in [-0.4, -0.2) is 0 Å². The average Bonchev–Trinajstić information content (AvgIpc) is 1.93. The van der Waals surface area contributed by atoms with E-state index < -0.39 is 6.08 Å². The van der Waals surface area contributed by atoms with Crippen molar-refractivity contribution in [3.63, 3.8) is 0 Å². The first-order valence-corrected chi connectivity index (χ1v) is 4.21. The Morgan fingerprint density at radius 3 is 2.27 bits per heavy atom. The Morgan fingerprint density at radius 1 is 1.27 bits per heavy atom. The van der Waals surface area contributed by atoms with Crippen molar-refractivity contribution in [3.8, 4) is 0 Å². The van der Waals surface area contributed by atoms with Crippen molar-refractivity contribution >= 4 is 0 Å². The molecule has 0 aliphatic heterocycles. The smallest absolute Gasteiger partial charge is 0.174 e. The molecule has 2 heteroatoms. The van der Waals surface area contributed by atoms with Crippen LogP contribution in [0.5, 0.6) is 0 Å². The normalized spacial score (nSPS) is 31.5. The van der Waals surface area contributed by atoms with E-state index in [4.69, 9.17) is 0 Å². The molecule has 0 nitrogen and oxygen atoms in total. The van der Waals surface area contributed by atoms with Crippen LogP contribution in [0.2, 0.25) is 0 Å². The van der Waals surface area contributed by atoms with Gasteiger partial charge in [-0.2, -0.15) is 8.78 Å². The second-order valence-corrected chi connectivity index (χ2v) is 3.48. The van der Waals surface area contributed by atoms with Gasteiger partial charge in [-0.3, -0.25) is 0 Å².